The lowest BCUT2D eigenvalue weighted by molar-refractivity contribution is -0.124. The first kappa shape index (κ1) is 29.4. The van der Waals surface area contributed by atoms with Crippen LogP contribution in [0.2, 0.25) is 0 Å². The van der Waals surface area contributed by atoms with Gasteiger partial charge in [0, 0.05) is 32.2 Å². The van der Waals surface area contributed by atoms with Crippen molar-refractivity contribution in [2.45, 2.75) is 58.4 Å². The summed E-state index contributed by atoms with van der Waals surface area (Å²) >= 11 is 0. The third kappa shape index (κ3) is 13.2. The van der Waals surface area contributed by atoms with Crippen LogP contribution in [0.1, 0.15) is 62.7 Å². The van der Waals surface area contributed by atoms with Gasteiger partial charge in [0.2, 0.25) is 11.8 Å². The Kier molecular flexibility index (Phi) is 16.2. The molecular weight excluding hydrogens is 438 g/mol. The molecule has 1 rings (SSSR count). The molecule has 0 unspecified atom stereocenters. The van der Waals surface area contributed by atoms with Crippen molar-refractivity contribution in [2.75, 3.05) is 46.6 Å². The van der Waals surface area contributed by atoms with E-state index in [0.29, 0.717) is 50.8 Å². The summed E-state index contributed by atoms with van der Waals surface area (Å²) in [6.45, 7) is 7.09. The predicted octanol–water partition coefficient (Wildman–Crippen LogP) is 2.44. The molecule has 9 heteroatoms. The van der Waals surface area contributed by atoms with Gasteiger partial charge in [0.25, 0.3) is 5.91 Å². The molecular formula is C25H41N3O6. The Hall–Kier alpha value is -2.65. The fourth-order valence-electron chi connectivity index (χ4n) is 2.96. The molecule has 3 N–H and O–H groups in total. The Balaban J connectivity index is 2.60. The smallest absolute Gasteiger partial charge is 0.251 e. The van der Waals surface area contributed by atoms with E-state index in [1.807, 2.05) is 6.92 Å². The predicted molar refractivity (Wildman–Crippen MR) is 131 cm³/mol. The highest BCUT2D eigenvalue weighted by Gasteiger charge is 2.22. The van der Waals surface area contributed by atoms with Crippen LogP contribution < -0.4 is 20.7 Å². The number of amides is 3. The van der Waals surface area contributed by atoms with Gasteiger partial charge in [-0.15, -0.1) is 0 Å². The minimum Gasteiger partial charge on any atom is -0.491 e. The van der Waals surface area contributed by atoms with Gasteiger partial charge in [0.05, 0.1) is 19.8 Å². The van der Waals surface area contributed by atoms with Gasteiger partial charge >= 0.3 is 0 Å². The van der Waals surface area contributed by atoms with E-state index in [9.17, 15) is 14.4 Å². The zero-order valence-corrected chi connectivity index (χ0v) is 20.8. The number of hydrogen-bond donors (Lipinski definition) is 3. The lowest BCUT2D eigenvalue weighted by atomic mass is 10.1. The highest BCUT2D eigenvalue weighted by molar-refractivity contribution is 5.97. The van der Waals surface area contributed by atoms with Crippen LogP contribution in [-0.2, 0) is 19.1 Å². The van der Waals surface area contributed by atoms with Gasteiger partial charge < -0.3 is 30.2 Å². The standard InChI is InChI=1S/C25H41N3O6/c1-4-6-14-26-23(29)13-12-22(25(31)27-15-7-5-2)28-24(30)20-8-10-21(11-9-20)34-19-18-33-17-16-32-3/h8-11,22H,4-7,12-19H2,1-3H3,(H,26,29)(H,27,31)(H,28,30)/t22-/m0/s1. The molecule has 34 heavy (non-hydrogen) atoms. The van der Waals surface area contributed by atoms with Crippen molar-refractivity contribution in [3.8, 4) is 5.75 Å². The summed E-state index contributed by atoms with van der Waals surface area (Å²) < 4.78 is 15.8. The fourth-order valence-corrected chi connectivity index (χ4v) is 2.96. The second-order valence-corrected chi connectivity index (χ2v) is 7.89. The topological polar surface area (TPSA) is 115 Å². The number of hydrogen-bond acceptors (Lipinski definition) is 6. The molecule has 9 nitrogen and oxygen atoms in total. The number of methoxy groups -OCH3 is 1. The van der Waals surface area contributed by atoms with Crippen molar-refractivity contribution in [2.24, 2.45) is 0 Å². The van der Waals surface area contributed by atoms with E-state index < -0.39 is 6.04 Å². The van der Waals surface area contributed by atoms with Gasteiger partial charge in [-0.05, 0) is 43.5 Å². The van der Waals surface area contributed by atoms with Gasteiger partial charge in [-0.3, -0.25) is 14.4 Å². The Labute approximate surface area is 203 Å². The molecule has 0 aliphatic heterocycles. The average Bonchev–Trinajstić information content (AvgIpc) is 2.84. The van der Waals surface area contributed by atoms with Gasteiger partial charge in [-0.1, -0.05) is 26.7 Å². The number of ether oxygens (including phenoxy) is 3. The lowest BCUT2D eigenvalue weighted by Gasteiger charge is -2.18. The molecule has 0 aliphatic rings. The zero-order chi connectivity index (χ0) is 25.0. The summed E-state index contributed by atoms with van der Waals surface area (Å²) in [5, 5.41) is 8.45. The summed E-state index contributed by atoms with van der Waals surface area (Å²) in [6.07, 6.45) is 4.09. The molecule has 1 aromatic rings. The van der Waals surface area contributed by atoms with Crippen LogP contribution in [0.3, 0.4) is 0 Å². The zero-order valence-electron chi connectivity index (χ0n) is 20.8. The molecule has 0 saturated carbocycles. The van der Waals surface area contributed by atoms with E-state index in [1.165, 1.54) is 0 Å². The molecule has 0 heterocycles. The van der Waals surface area contributed by atoms with E-state index >= 15 is 0 Å². The number of nitrogens with one attached hydrogen (secondary N) is 3. The molecule has 0 fully saturated rings. The fraction of sp³-hybridized carbons (Fsp3) is 0.640. The Morgan fingerprint density at radius 3 is 2.18 bits per heavy atom. The SMILES string of the molecule is CCCCNC(=O)CC[C@H](NC(=O)c1ccc(OCCOCCOC)cc1)C(=O)NCCCC. The molecule has 1 atom stereocenters. The average molecular weight is 480 g/mol. The van der Waals surface area contributed by atoms with Gasteiger partial charge in [-0.25, -0.2) is 0 Å². The maximum atomic E-state index is 12.8. The van der Waals surface area contributed by atoms with Crippen LogP contribution in [0.4, 0.5) is 0 Å². The van der Waals surface area contributed by atoms with Crippen LogP contribution in [0, 0.1) is 0 Å². The van der Waals surface area contributed by atoms with Gasteiger partial charge in [0.1, 0.15) is 18.4 Å². The Morgan fingerprint density at radius 1 is 0.882 bits per heavy atom. The summed E-state index contributed by atoms with van der Waals surface area (Å²) in [5.74, 6) is -0.167. The normalized spacial score (nSPS) is 11.5. The number of carbonyl (C=O) groups excluding carboxylic acids is 3. The van der Waals surface area contributed by atoms with E-state index in [1.54, 1.807) is 31.4 Å². The van der Waals surface area contributed by atoms with Crippen LogP contribution in [-0.4, -0.2) is 70.4 Å². The quantitative estimate of drug-likeness (QED) is 0.263. The van der Waals surface area contributed by atoms with Crippen LogP contribution in [0.5, 0.6) is 5.75 Å². The van der Waals surface area contributed by atoms with Gasteiger partial charge in [-0.2, -0.15) is 0 Å². The van der Waals surface area contributed by atoms with Crippen LogP contribution in [0.25, 0.3) is 0 Å². The van der Waals surface area contributed by atoms with Crippen molar-refractivity contribution < 1.29 is 28.6 Å². The summed E-state index contributed by atoms with van der Waals surface area (Å²) in [4.78, 5) is 37.5. The largest absolute Gasteiger partial charge is 0.491 e. The number of unbranched alkanes of at least 4 members (excludes halogenated alkanes) is 2. The van der Waals surface area contributed by atoms with Crippen molar-refractivity contribution in [1.82, 2.24) is 16.0 Å². The summed E-state index contributed by atoms with van der Waals surface area (Å²) in [5.41, 5.74) is 0.405. The molecule has 3 amide bonds. The minimum absolute atomic E-state index is 0.123. The Morgan fingerprint density at radius 2 is 1.53 bits per heavy atom. The lowest BCUT2D eigenvalue weighted by Crippen LogP contribution is -2.47. The summed E-state index contributed by atoms with van der Waals surface area (Å²) in [7, 11) is 1.62. The van der Waals surface area contributed by atoms with E-state index in [0.717, 1.165) is 25.7 Å². The maximum absolute atomic E-state index is 12.8. The molecule has 1 aromatic carbocycles. The molecule has 192 valence electrons. The van der Waals surface area contributed by atoms with Crippen molar-refractivity contribution in [1.29, 1.82) is 0 Å². The highest BCUT2D eigenvalue weighted by Crippen LogP contribution is 2.13. The molecule has 0 aromatic heterocycles. The van der Waals surface area contributed by atoms with Crippen molar-refractivity contribution in [3.63, 3.8) is 0 Å². The Bertz CT molecular complexity index is 711. The van der Waals surface area contributed by atoms with Crippen molar-refractivity contribution >= 4 is 17.7 Å². The first-order chi connectivity index (χ1) is 16.5. The first-order valence-electron chi connectivity index (χ1n) is 12.2. The van der Waals surface area contributed by atoms with Crippen LogP contribution in [0.15, 0.2) is 24.3 Å². The molecule has 0 bridgehead atoms. The van der Waals surface area contributed by atoms with E-state index in [2.05, 4.69) is 22.9 Å². The van der Waals surface area contributed by atoms with Crippen LogP contribution >= 0.6 is 0 Å². The third-order valence-electron chi connectivity index (χ3n) is 5.01. The maximum Gasteiger partial charge on any atom is 0.251 e. The third-order valence-corrected chi connectivity index (χ3v) is 5.01. The molecule has 0 radical (unpaired) electrons. The number of carbonyl (C=O) groups is 3. The second kappa shape index (κ2) is 18.7. The van der Waals surface area contributed by atoms with Crippen molar-refractivity contribution in [3.05, 3.63) is 29.8 Å². The first-order valence-corrected chi connectivity index (χ1v) is 12.2. The van der Waals surface area contributed by atoms with E-state index in [-0.39, 0.29) is 30.6 Å². The monoisotopic (exact) mass is 479 g/mol. The number of rotatable bonds is 19. The molecule has 0 saturated heterocycles. The minimum atomic E-state index is -0.790. The van der Waals surface area contributed by atoms with E-state index in [4.69, 9.17) is 14.2 Å². The molecule has 0 spiro atoms. The highest BCUT2D eigenvalue weighted by atomic mass is 16.5. The molecule has 0 aliphatic carbocycles. The second-order valence-electron chi connectivity index (χ2n) is 7.89. The number of benzene rings is 1. The summed E-state index contributed by atoms with van der Waals surface area (Å²) in [6, 6.07) is 5.88. The van der Waals surface area contributed by atoms with Gasteiger partial charge in [0.15, 0.2) is 0 Å².